The van der Waals surface area contributed by atoms with Crippen LogP contribution in [0.4, 0.5) is 11.5 Å². The fraction of sp³-hybridized carbons (Fsp3) is 0.385. The van der Waals surface area contributed by atoms with E-state index >= 15 is 0 Å². The maximum absolute atomic E-state index is 13.5. The summed E-state index contributed by atoms with van der Waals surface area (Å²) in [6.45, 7) is 7.88. The van der Waals surface area contributed by atoms with Gasteiger partial charge in [-0.2, -0.15) is 0 Å². The van der Waals surface area contributed by atoms with Crippen molar-refractivity contribution in [3.63, 3.8) is 0 Å². The number of nitrogens with two attached hydrogens (primary N) is 1. The second kappa shape index (κ2) is 8.43. The zero-order valence-electron chi connectivity index (χ0n) is 18.8. The molecular weight excluding hydrogens is 400 g/mol. The van der Waals surface area contributed by atoms with Crippen LogP contribution in [0.2, 0.25) is 0 Å². The number of anilines is 2. The fourth-order valence-electron chi connectivity index (χ4n) is 4.73. The van der Waals surface area contributed by atoms with Crippen LogP contribution in [0.1, 0.15) is 35.7 Å². The number of aryl methyl sites for hydroxylation is 1. The van der Waals surface area contributed by atoms with Crippen molar-refractivity contribution in [3.8, 4) is 11.1 Å². The number of carbonyl (C=O) groups excluding carboxylic acids is 1. The van der Waals surface area contributed by atoms with Crippen molar-refractivity contribution in [2.24, 2.45) is 0 Å². The van der Waals surface area contributed by atoms with E-state index in [4.69, 9.17) is 10.5 Å². The predicted molar refractivity (Wildman–Crippen MR) is 129 cm³/mol. The molecule has 5 rings (SSSR count). The number of fused-ring (bicyclic) bond motifs is 1. The van der Waals surface area contributed by atoms with Crippen LogP contribution < -0.4 is 10.6 Å². The van der Waals surface area contributed by atoms with Gasteiger partial charge in [-0.25, -0.2) is 4.98 Å². The molecule has 1 saturated heterocycles. The van der Waals surface area contributed by atoms with E-state index in [2.05, 4.69) is 48.0 Å². The van der Waals surface area contributed by atoms with E-state index in [0.717, 1.165) is 71.3 Å². The third kappa shape index (κ3) is 3.79. The minimum absolute atomic E-state index is 0.123. The summed E-state index contributed by atoms with van der Waals surface area (Å²) in [5, 5.41) is 1.02. The molecule has 2 aromatic carbocycles. The van der Waals surface area contributed by atoms with Crippen molar-refractivity contribution in [2.45, 2.75) is 32.7 Å². The van der Waals surface area contributed by atoms with Gasteiger partial charge in [-0.1, -0.05) is 18.2 Å². The van der Waals surface area contributed by atoms with E-state index in [1.165, 1.54) is 0 Å². The van der Waals surface area contributed by atoms with Crippen LogP contribution in [0, 0.1) is 6.92 Å². The molecule has 0 spiro atoms. The summed E-state index contributed by atoms with van der Waals surface area (Å²) in [4.78, 5) is 22.4. The molecule has 6 heteroatoms. The maximum atomic E-state index is 13.5. The molecule has 0 radical (unpaired) electrons. The molecule has 1 aliphatic carbocycles. The van der Waals surface area contributed by atoms with Gasteiger partial charge in [-0.3, -0.25) is 4.79 Å². The molecule has 3 aromatic rings. The maximum Gasteiger partial charge on any atom is 0.254 e. The van der Waals surface area contributed by atoms with Gasteiger partial charge in [0.25, 0.3) is 5.91 Å². The van der Waals surface area contributed by atoms with Crippen LogP contribution in [-0.2, 0) is 4.74 Å². The highest BCUT2D eigenvalue weighted by atomic mass is 16.5. The first-order valence-corrected chi connectivity index (χ1v) is 11.5. The molecule has 1 aliphatic heterocycles. The Labute approximate surface area is 189 Å². The Morgan fingerprint density at radius 1 is 1.19 bits per heavy atom. The molecule has 0 unspecified atom stereocenters. The van der Waals surface area contributed by atoms with Gasteiger partial charge in [0.05, 0.1) is 24.4 Å². The average Bonchev–Trinajstić information content (AvgIpc) is 3.64. The summed E-state index contributed by atoms with van der Waals surface area (Å²) in [6, 6.07) is 14.7. The lowest BCUT2D eigenvalue weighted by molar-refractivity contribution is 0.0753. The topological polar surface area (TPSA) is 71.7 Å². The van der Waals surface area contributed by atoms with E-state index in [-0.39, 0.29) is 5.91 Å². The van der Waals surface area contributed by atoms with Crippen LogP contribution >= 0.6 is 0 Å². The number of morpholine rings is 1. The number of pyridine rings is 1. The molecule has 0 bridgehead atoms. The lowest BCUT2D eigenvalue weighted by atomic mass is 9.93. The van der Waals surface area contributed by atoms with Crippen LogP contribution in [0.15, 0.2) is 42.5 Å². The van der Waals surface area contributed by atoms with Crippen LogP contribution in [0.25, 0.3) is 22.0 Å². The number of benzene rings is 2. The smallest absolute Gasteiger partial charge is 0.254 e. The Hall–Kier alpha value is -3.12. The standard InChI is InChI=1S/C26H30N4O2/c1-3-30(20-8-9-20)26(31)21-6-4-5-17(2)24(21)18-7-10-22-19(15-18)16-23(25(27)28-22)29-11-13-32-14-12-29/h4-7,10,15-16,20H,3,8-9,11-14H2,1-2H3,(H2,27,28). The highest BCUT2D eigenvalue weighted by Gasteiger charge is 2.33. The Balaban J connectivity index is 1.58. The second-order valence-electron chi connectivity index (χ2n) is 8.72. The van der Waals surface area contributed by atoms with Crippen LogP contribution in [0.3, 0.4) is 0 Å². The average molecular weight is 431 g/mol. The molecule has 6 nitrogen and oxygen atoms in total. The highest BCUT2D eigenvalue weighted by molar-refractivity contribution is 6.03. The van der Waals surface area contributed by atoms with Crippen molar-refractivity contribution in [3.05, 3.63) is 53.6 Å². The quantitative estimate of drug-likeness (QED) is 0.655. The Morgan fingerprint density at radius 3 is 2.69 bits per heavy atom. The minimum Gasteiger partial charge on any atom is -0.382 e. The van der Waals surface area contributed by atoms with Gasteiger partial charge in [0.2, 0.25) is 0 Å². The van der Waals surface area contributed by atoms with Gasteiger partial charge in [0, 0.05) is 36.6 Å². The van der Waals surface area contributed by atoms with E-state index in [1.54, 1.807) is 0 Å². The second-order valence-corrected chi connectivity index (χ2v) is 8.72. The number of hydrogen-bond acceptors (Lipinski definition) is 5. The fourth-order valence-corrected chi connectivity index (χ4v) is 4.73. The van der Waals surface area contributed by atoms with Gasteiger partial charge in [0.1, 0.15) is 5.82 Å². The van der Waals surface area contributed by atoms with Gasteiger partial charge in [0.15, 0.2) is 0 Å². The first-order valence-electron chi connectivity index (χ1n) is 11.5. The lowest BCUT2D eigenvalue weighted by Crippen LogP contribution is -2.36. The minimum atomic E-state index is 0.123. The van der Waals surface area contributed by atoms with E-state index < -0.39 is 0 Å². The van der Waals surface area contributed by atoms with Crippen molar-refractivity contribution in [1.82, 2.24) is 9.88 Å². The van der Waals surface area contributed by atoms with Crippen molar-refractivity contribution >= 4 is 28.3 Å². The summed E-state index contributed by atoms with van der Waals surface area (Å²) in [5.74, 6) is 0.667. The summed E-state index contributed by atoms with van der Waals surface area (Å²) < 4.78 is 5.49. The summed E-state index contributed by atoms with van der Waals surface area (Å²) in [7, 11) is 0. The third-order valence-electron chi connectivity index (χ3n) is 6.56. The molecule has 1 saturated carbocycles. The van der Waals surface area contributed by atoms with Gasteiger partial charge in [-0.15, -0.1) is 0 Å². The summed E-state index contributed by atoms with van der Waals surface area (Å²) in [5.41, 5.74) is 12.0. The molecule has 2 heterocycles. The van der Waals surface area contributed by atoms with Gasteiger partial charge < -0.3 is 20.3 Å². The summed E-state index contributed by atoms with van der Waals surface area (Å²) in [6.07, 6.45) is 2.21. The molecule has 1 aromatic heterocycles. The largest absolute Gasteiger partial charge is 0.382 e. The third-order valence-corrected chi connectivity index (χ3v) is 6.56. The molecule has 1 amide bonds. The Kier molecular flexibility index (Phi) is 5.47. The summed E-state index contributed by atoms with van der Waals surface area (Å²) >= 11 is 0. The number of ether oxygens (including phenoxy) is 1. The number of hydrogen-bond donors (Lipinski definition) is 1. The molecule has 166 valence electrons. The Bertz CT molecular complexity index is 1170. The van der Waals surface area contributed by atoms with Gasteiger partial charge in [-0.05, 0) is 67.6 Å². The predicted octanol–water partition coefficient (Wildman–Crippen LogP) is 4.25. The normalized spacial score (nSPS) is 16.4. The van der Waals surface area contributed by atoms with Crippen LogP contribution in [-0.4, -0.2) is 54.7 Å². The molecular formula is C26H30N4O2. The number of rotatable bonds is 5. The number of carbonyl (C=O) groups is 1. The molecule has 0 atom stereocenters. The lowest BCUT2D eigenvalue weighted by Gasteiger charge is -2.29. The molecule has 2 N–H and O–H groups in total. The monoisotopic (exact) mass is 430 g/mol. The Morgan fingerprint density at radius 2 is 1.97 bits per heavy atom. The number of aromatic nitrogens is 1. The van der Waals surface area contributed by atoms with Gasteiger partial charge >= 0.3 is 0 Å². The van der Waals surface area contributed by atoms with Crippen LogP contribution in [0.5, 0.6) is 0 Å². The van der Waals surface area contributed by atoms with Crippen molar-refractivity contribution in [2.75, 3.05) is 43.5 Å². The first-order chi connectivity index (χ1) is 15.6. The molecule has 32 heavy (non-hydrogen) atoms. The highest BCUT2D eigenvalue weighted by Crippen LogP contribution is 2.35. The number of amides is 1. The van der Waals surface area contributed by atoms with E-state index in [0.29, 0.717) is 25.1 Å². The van der Waals surface area contributed by atoms with Crippen molar-refractivity contribution in [1.29, 1.82) is 0 Å². The van der Waals surface area contributed by atoms with E-state index in [9.17, 15) is 4.79 Å². The van der Waals surface area contributed by atoms with E-state index in [1.807, 2.05) is 23.1 Å². The molecule has 2 fully saturated rings. The zero-order chi connectivity index (χ0) is 22.2. The number of nitrogen functional groups attached to an aromatic ring is 1. The molecule has 2 aliphatic rings. The zero-order valence-corrected chi connectivity index (χ0v) is 18.8. The van der Waals surface area contributed by atoms with Crippen molar-refractivity contribution < 1.29 is 9.53 Å². The SMILES string of the molecule is CCN(C(=O)c1cccc(C)c1-c1ccc2nc(N)c(N3CCOCC3)cc2c1)C1CC1. The number of nitrogens with zero attached hydrogens (tertiary/aromatic N) is 3. The first kappa shape index (κ1) is 20.8.